The zero-order chi connectivity index (χ0) is 14.3. The lowest BCUT2D eigenvalue weighted by atomic mass is 9.98. The Morgan fingerprint density at radius 1 is 1.32 bits per heavy atom. The molecule has 0 aromatic rings. The molecule has 0 saturated carbocycles. The highest BCUT2D eigenvalue weighted by atomic mass is 15.2. The van der Waals surface area contributed by atoms with Crippen LogP contribution < -0.4 is 5.32 Å². The van der Waals surface area contributed by atoms with Crippen LogP contribution >= 0.6 is 0 Å². The average Bonchev–Trinajstić information content (AvgIpc) is 2.86. The van der Waals surface area contributed by atoms with Crippen LogP contribution in [0.5, 0.6) is 0 Å². The van der Waals surface area contributed by atoms with Gasteiger partial charge in [-0.15, -0.1) is 0 Å². The molecule has 0 aromatic heterocycles. The van der Waals surface area contributed by atoms with Crippen LogP contribution in [-0.4, -0.2) is 61.2 Å². The molecule has 0 bridgehead atoms. The van der Waals surface area contributed by atoms with Crippen molar-refractivity contribution in [1.29, 1.82) is 5.26 Å². The summed E-state index contributed by atoms with van der Waals surface area (Å²) in [7, 11) is 2.16. The minimum absolute atomic E-state index is 0.347. The highest BCUT2D eigenvalue weighted by Gasteiger charge is 2.24. The lowest BCUT2D eigenvalue weighted by Gasteiger charge is -2.29. The Morgan fingerprint density at radius 2 is 1.95 bits per heavy atom. The van der Waals surface area contributed by atoms with Crippen molar-refractivity contribution in [3.8, 4) is 6.07 Å². The number of likely N-dealkylation sites (N-methyl/N-ethyl adjacent to an activating group) is 1. The minimum atomic E-state index is -0.407. The fourth-order valence-electron chi connectivity index (χ4n) is 2.64. The van der Waals surface area contributed by atoms with Gasteiger partial charge in [0.1, 0.15) is 5.54 Å². The fourth-order valence-corrected chi connectivity index (χ4v) is 2.64. The van der Waals surface area contributed by atoms with Crippen molar-refractivity contribution in [3.63, 3.8) is 0 Å². The van der Waals surface area contributed by atoms with Gasteiger partial charge in [0.05, 0.1) is 6.07 Å². The van der Waals surface area contributed by atoms with Crippen LogP contribution in [0, 0.1) is 11.3 Å². The second kappa shape index (κ2) is 7.84. The predicted molar refractivity (Wildman–Crippen MR) is 80.1 cm³/mol. The van der Waals surface area contributed by atoms with Gasteiger partial charge in [-0.3, -0.25) is 5.32 Å². The second-order valence-electron chi connectivity index (χ2n) is 6.34. The number of nitriles is 1. The number of nitrogens with zero attached hydrogens (tertiary/aromatic N) is 3. The Hall–Kier alpha value is -0.630. The smallest absolute Gasteiger partial charge is 0.105 e. The zero-order valence-electron chi connectivity index (χ0n) is 13.1. The maximum atomic E-state index is 9.31. The molecule has 110 valence electrons. The summed E-state index contributed by atoms with van der Waals surface area (Å²) in [6.07, 6.45) is 3.58. The molecule has 0 spiro atoms. The Bertz CT molecular complexity index is 291. The van der Waals surface area contributed by atoms with Crippen molar-refractivity contribution in [2.24, 2.45) is 0 Å². The highest BCUT2D eigenvalue weighted by molar-refractivity contribution is 5.04. The van der Waals surface area contributed by atoms with E-state index in [2.05, 4.69) is 42.1 Å². The number of nitrogens with one attached hydrogen (secondary N) is 1. The summed E-state index contributed by atoms with van der Waals surface area (Å²) in [4.78, 5) is 4.88. The van der Waals surface area contributed by atoms with Gasteiger partial charge in [0.15, 0.2) is 0 Å². The van der Waals surface area contributed by atoms with E-state index in [0.717, 1.165) is 26.1 Å². The Kier molecular flexibility index (Phi) is 6.78. The van der Waals surface area contributed by atoms with Crippen molar-refractivity contribution in [2.45, 2.75) is 51.6 Å². The molecular formula is C15H30N4. The van der Waals surface area contributed by atoms with E-state index >= 15 is 0 Å². The van der Waals surface area contributed by atoms with Crippen molar-refractivity contribution < 1.29 is 0 Å². The highest BCUT2D eigenvalue weighted by Crippen LogP contribution is 2.11. The van der Waals surface area contributed by atoms with Gasteiger partial charge in [0, 0.05) is 25.7 Å². The fraction of sp³-hybridized carbons (Fsp3) is 0.933. The second-order valence-corrected chi connectivity index (χ2v) is 6.34. The first-order valence-electron chi connectivity index (χ1n) is 7.55. The van der Waals surface area contributed by atoms with Crippen molar-refractivity contribution in [3.05, 3.63) is 0 Å². The first-order valence-corrected chi connectivity index (χ1v) is 7.55. The van der Waals surface area contributed by atoms with Crippen LogP contribution in [-0.2, 0) is 0 Å². The van der Waals surface area contributed by atoms with Gasteiger partial charge in [-0.2, -0.15) is 5.26 Å². The van der Waals surface area contributed by atoms with Crippen LogP contribution in [0.25, 0.3) is 0 Å². The van der Waals surface area contributed by atoms with E-state index in [9.17, 15) is 5.26 Å². The van der Waals surface area contributed by atoms with Gasteiger partial charge in [0.25, 0.3) is 0 Å². The predicted octanol–water partition coefficient (Wildman–Crippen LogP) is 1.68. The molecule has 1 N–H and O–H groups in total. The van der Waals surface area contributed by atoms with Crippen molar-refractivity contribution in [1.82, 2.24) is 15.1 Å². The third-order valence-corrected chi connectivity index (χ3v) is 3.84. The zero-order valence-corrected chi connectivity index (χ0v) is 13.1. The first-order chi connectivity index (χ1) is 8.95. The lowest BCUT2D eigenvalue weighted by molar-refractivity contribution is 0.237. The summed E-state index contributed by atoms with van der Waals surface area (Å²) < 4.78 is 0. The molecule has 0 aromatic carbocycles. The van der Waals surface area contributed by atoms with Crippen LogP contribution in [0.3, 0.4) is 0 Å². The molecule has 1 aliphatic heterocycles. The molecule has 1 fully saturated rings. The summed E-state index contributed by atoms with van der Waals surface area (Å²) in [5.74, 6) is 0. The van der Waals surface area contributed by atoms with Gasteiger partial charge < -0.3 is 9.80 Å². The van der Waals surface area contributed by atoms with E-state index in [1.807, 2.05) is 6.92 Å². The third-order valence-electron chi connectivity index (χ3n) is 3.84. The van der Waals surface area contributed by atoms with Gasteiger partial charge >= 0.3 is 0 Å². The molecule has 1 rings (SSSR count). The van der Waals surface area contributed by atoms with Crippen LogP contribution in [0.1, 0.15) is 40.0 Å². The largest absolute Gasteiger partial charge is 0.305 e. The molecular weight excluding hydrogens is 236 g/mol. The number of hydrogen-bond acceptors (Lipinski definition) is 4. The molecule has 0 aliphatic carbocycles. The Morgan fingerprint density at radius 3 is 2.47 bits per heavy atom. The van der Waals surface area contributed by atoms with Crippen LogP contribution in [0.15, 0.2) is 0 Å². The van der Waals surface area contributed by atoms with E-state index < -0.39 is 5.54 Å². The Balaban J connectivity index is 2.23. The summed E-state index contributed by atoms with van der Waals surface area (Å²) >= 11 is 0. The molecule has 0 radical (unpaired) electrons. The SMILES string of the molecule is CC(C)NC(C)(C#N)CCN(C)CCN1CCCC1. The van der Waals surface area contributed by atoms with Gasteiger partial charge in [-0.05, 0) is 60.2 Å². The molecule has 19 heavy (non-hydrogen) atoms. The standard InChI is InChI=1S/C15H30N4/c1-14(2)17-15(3,13-16)7-10-18(4)11-12-19-8-5-6-9-19/h14,17H,5-12H2,1-4H3. The van der Waals surface area contributed by atoms with E-state index in [0.29, 0.717) is 6.04 Å². The summed E-state index contributed by atoms with van der Waals surface area (Å²) in [5.41, 5.74) is -0.407. The van der Waals surface area contributed by atoms with E-state index in [1.165, 1.54) is 25.9 Å². The quantitative estimate of drug-likeness (QED) is 0.726. The first kappa shape index (κ1) is 16.4. The van der Waals surface area contributed by atoms with Gasteiger partial charge in [0.2, 0.25) is 0 Å². The third kappa shape index (κ3) is 6.38. The molecule has 1 unspecified atom stereocenters. The normalized spacial score (nSPS) is 19.8. The van der Waals surface area contributed by atoms with E-state index in [-0.39, 0.29) is 0 Å². The minimum Gasteiger partial charge on any atom is -0.305 e. The Labute approximate surface area is 118 Å². The molecule has 1 saturated heterocycles. The monoisotopic (exact) mass is 266 g/mol. The maximum absolute atomic E-state index is 9.31. The molecule has 4 heteroatoms. The maximum Gasteiger partial charge on any atom is 0.105 e. The molecule has 1 aliphatic rings. The number of likely N-dealkylation sites (tertiary alicyclic amines) is 1. The van der Waals surface area contributed by atoms with Gasteiger partial charge in [-0.25, -0.2) is 0 Å². The number of rotatable bonds is 8. The van der Waals surface area contributed by atoms with Crippen LogP contribution in [0.2, 0.25) is 0 Å². The molecule has 1 heterocycles. The molecule has 4 nitrogen and oxygen atoms in total. The average molecular weight is 266 g/mol. The van der Waals surface area contributed by atoms with Crippen LogP contribution in [0.4, 0.5) is 0 Å². The summed E-state index contributed by atoms with van der Waals surface area (Å²) in [5, 5.41) is 12.7. The number of hydrogen-bond donors (Lipinski definition) is 1. The summed E-state index contributed by atoms with van der Waals surface area (Å²) in [6.45, 7) is 11.9. The van der Waals surface area contributed by atoms with Crippen molar-refractivity contribution in [2.75, 3.05) is 39.8 Å². The van der Waals surface area contributed by atoms with Gasteiger partial charge in [-0.1, -0.05) is 0 Å². The summed E-state index contributed by atoms with van der Waals surface area (Å²) in [6, 6.07) is 2.76. The lowest BCUT2D eigenvalue weighted by Crippen LogP contribution is -2.47. The van der Waals surface area contributed by atoms with E-state index in [1.54, 1.807) is 0 Å². The van der Waals surface area contributed by atoms with Crippen molar-refractivity contribution >= 4 is 0 Å². The molecule has 0 amide bonds. The molecule has 1 atom stereocenters. The topological polar surface area (TPSA) is 42.3 Å². The van der Waals surface area contributed by atoms with E-state index in [4.69, 9.17) is 0 Å².